The van der Waals surface area contributed by atoms with Gasteiger partial charge in [0.15, 0.2) is 0 Å². The van der Waals surface area contributed by atoms with Gasteiger partial charge in [-0.1, -0.05) is 6.07 Å². The maximum absolute atomic E-state index is 13.8. The minimum atomic E-state index is -0.426. The van der Waals surface area contributed by atoms with Crippen molar-refractivity contribution >= 4 is 38.9 Å². The van der Waals surface area contributed by atoms with E-state index in [1.807, 2.05) is 0 Å². The van der Waals surface area contributed by atoms with Crippen molar-refractivity contribution in [2.45, 2.75) is 0 Å². The van der Waals surface area contributed by atoms with Crippen LogP contribution in [-0.2, 0) is 0 Å². The highest BCUT2D eigenvalue weighted by molar-refractivity contribution is 9.10. The first kappa shape index (κ1) is 14.3. The monoisotopic (exact) mass is 337 g/mol. The van der Waals surface area contributed by atoms with Crippen molar-refractivity contribution in [2.24, 2.45) is 0 Å². The van der Waals surface area contributed by atoms with Crippen LogP contribution < -0.4 is 16.4 Å². The third kappa shape index (κ3) is 2.91. The second-order valence-corrected chi connectivity index (χ2v) is 4.96. The summed E-state index contributed by atoms with van der Waals surface area (Å²) in [5.41, 5.74) is 7.28. The van der Waals surface area contributed by atoms with Crippen LogP contribution in [-0.4, -0.2) is 13.0 Å². The molecule has 2 aromatic carbocycles. The van der Waals surface area contributed by atoms with Crippen molar-refractivity contribution < 1.29 is 9.18 Å². The highest BCUT2D eigenvalue weighted by Gasteiger charge is 2.13. The van der Waals surface area contributed by atoms with Crippen LogP contribution in [0.15, 0.2) is 40.9 Å². The fourth-order valence-corrected chi connectivity index (χ4v) is 2.19. The van der Waals surface area contributed by atoms with Crippen molar-refractivity contribution in [1.82, 2.24) is 5.32 Å². The summed E-state index contributed by atoms with van der Waals surface area (Å²) in [5, 5.41) is 5.43. The predicted molar refractivity (Wildman–Crippen MR) is 81.6 cm³/mol. The van der Waals surface area contributed by atoms with Gasteiger partial charge < -0.3 is 16.4 Å². The van der Waals surface area contributed by atoms with Crippen LogP contribution in [0.25, 0.3) is 0 Å². The molecule has 0 aliphatic heterocycles. The Labute approximate surface area is 124 Å². The topological polar surface area (TPSA) is 67.2 Å². The van der Waals surface area contributed by atoms with Crippen molar-refractivity contribution in [3.8, 4) is 0 Å². The number of rotatable bonds is 3. The van der Waals surface area contributed by atoms with Gasteiger partial charge in [0.25, 0.3) is 5.91 Å². The molecule has 6 heteroatoms. The maximum Gasteiger partial charge on any atom is 0.253 e. The fourth-order valence-electron chi connectivity index (χ4n) is 1.75. The standard InChI is InChI=1S/C14H13BrFN3O/c1-18-14(20)9-6-5-8(17)7-12(9)19-13-10(15)3-2-4-11(13)16/h2-7,19H,17H2,1H3,(H,18,20). The summed E-state index contributed by atoms with van der Waals surface area (Å²) < 4.78 is 14.4. The smallest absolute Gasteiger partial charge is 0.253 e. The van der Waals surface area contributed by atoms with Gasteiger partial charge in [-0.15, -0.1) is 0 Å². The lowest BCUT2D eigenvalue weighted by Gasteiger charge is -2.14. The molecule has 0 saturated carbocycles. The normalized spacial score (nSPS) is 10.2. The van der Waals surface area contributed by atoms with E-state index >= 15 is 0 Å². The van der Waals surface area contributed by atoms with Crippen LogP contribution in [0.4, 0.5) is 21.5 Å². The number of carbonyl (C=O) groups is 1. The molecule has 0 unspecified atom stereocenters. The first-order valence-electron chi connectivity index (χ1n) is 5.85. The van der Waals surface area contributed by atoms with E-state index in [0.29, 0.717) is 21.4 Å². The molecule has 0 aliphatic rings. The third-order valence-corrected chi connectivity index (χ3v) is 3.40. The van der Waals surface area contributed by atoms with Gasteiger partial charge in [0, 0.05) is 17.2 Å². The van der Waals surface area contributed by atoms with Crippen molar-refractivity contribution in [3.05, 3.63) is 52.3 Å². The molecule has 0 heterocycles. The lowest BCUT2D eigenvalue weighted by molar-refractivity contribution is 0.0964. The molecule has 0 spiro atoms. The molecule has 4 N–H and O–H groups in total. The average molecular weight is 338 g/mol. The number of hydrogen-bond acceptors (Lipinski definition) is 3. The lowest BCUT2D eigenvalue weighted by atomic mass is 10.1. The Hall–Kier alpha value is -2.08. The number of anilines is 3. The minimum Gasteiger partial charge on any atom is -0.399 e. The van der Waals surface area contributed by atoms with Gasteiger partial charge >= 0.3 is 0 Å². The number of carbonyl (C=O) groups excluding carboxylic acids is 1. The molecule has 0 saturated heterocycles. The summed E-state index contributed by atoms with van der Waals surface area (Å²) in [6, 6.07) is 9.42. The summed E-state index contributed by atoms with van der Waals surface area (Å²) in [6.07, 6.45) is 0. The zero-order chi connectivity index (χ0) is 14.7. The van der Waals surface area contributed by atoms with Gasteiger partial charge in [0.2, 0.25) is 0 Å². The van der Waals surface area contributed by atoms with Gasteiger partial charge in [-0.05, 0) is 46.3 Å². The number of hydrogen-bond donors (Lipinski definition) is 3. The summed E-state index contributed by atoms with van der Waals surface area (Å²) in [5.74, 6) is -0.704. The van der Waals surface area contributed by atoms with Gasteiger partial charge in [-0.3, -0.25) is 4.79 Å². The minimum absolute atomic E-state index is 0.253. The van der Waals surface area contributed by atoms with Gasteiger partial charge in [-0.25, -0.2) is 4.39 Å². The van der Waals surface area contributed by atoms with E-state index in [4.69, 9.17) is 5.73 Å². The summed E-state index contributed by atoms with van der Waals surface area (Å²) in [7, 11) is 1.53. The molecule has 20 heavy (non-hydrogen) atoms. The van der Waals surface area contributed by atoms with Crippen molar-refractivity contribution in [3.63, 3.8) is 0 Å². The molecule has 0 atom stereocenters. The zero-order valence-electron chi connectivity index (χ0n) is 10.7. The molecule has 4 nitrogen and oxygen atoms in total. The third-order valence-electron chi connectivity index (χ3n) is 2.74. The Morgan fingerprint density at radius 1 is 1.30 bits per heavy atom. The Morgan fingerprint density at radius 2 is 2.05 bits per heavy atom. The van der Waals surface area contributed by atoms with Gasteiger partial charge in [0.1, 0.15) is 5.82 Å². The van der Waals surface area contributed by atoms with Crippen LogP contribution in [0.5, 0.6) is 0 Å². The van der Waals surface area contributed by atoms with Crippen LogP contribution in [0.1, 0.15) is 10.4 Å². The van der Waals surface area contributed by atoms with E-state index in [-0.39, 0.29) is 11.6 Å². The predicted octanol–water partition coefficient (Wildman–Crippen LogP) is 3.27. The second-order valence-electron chi connectivity index (χ2n) is 4.11. The largest absolute Gasteiger partial charge is 0.399 e. The maximum atomic E-state index is 13.8. The van der Waals surface area contributed by atoms with E-state index in [1.54, 1.807) is 30.3 Å². The molecule has 0 bridgehead atoms. The molecule has 0 fully saturated rings. The summed E-state index contributed by atoms with van der Waals surface area (Å²) in [4.78, 5) is 11.8. The Bertz CT molecular complexity index is 641. The van der Waals surface area contributed by atoms with Crippen molar-refractivity contribution in [1.29, 1.82) is 0 Å². The fraction of sp³-hybridized carbons (Fsp3) is 0.0714. The average Bonchev–Trinajstić information content (AvgIpc) is 2.42. The molecule has 0 aromatic heterocycles. The highest BCUT2D eigenvalue weighted by atomic mass is 79.9. The molecular formula is C14H13BrFN3O. The quantitative estimate of drug-likeness (QED) is 0.753. The molecule has 0 aliphatic carbocycles. The van der Waals surface area contributed by atoms with Crippen molar-refractivity contribution in [2.75, 3.05) is 18.1 Å². The zero-order valence-corrected chi connectivity index (χ0v) is 12.3. The number of halogens is 2. The van der Waals surface area contributed by atoms with Crippen LogP contribution in [0, 0.1) is 5.82 Å². The SMILES string of the molecule is CNC(=O)c1ccc(N)cc1Nc1c(F)cccc1Br. The first-order valence-corrected chi connectivity index (χ1v) is 6.65. The van der Waals surface area contributed by atoms with Crippen LogP contribution in [0.3, 0.4) is 0 Å². The molecule has 2 rings (SSSR count). The molecule has 1 amide bonds. The lowest BCUT2D eigenvalue weighted by Crippen LogP contribution is -2.19. The second kappa shape index (κ2) is 5.92. The Balaban J connectivity index is 2.47. The number of nitrogens with one attached hydrogen (secondary N) is 2. The van der Waals surface area contributed by atoms with E-state index in [0.717, 1.165) is 0 Å². The molecular weight excluding hydrogens is 325 g/mol. The van der Waals surface area contributed by atoms with E-state index in [9.17, 15) is 9.18 Å². The number of amides is 1. The summed E-state index contributed by atoms with van der Waals surface area (Å²) in [6.45, 7) is 0. The van der Waals surface area contributed by atoms with Crippen LogP contribution >= 0.6 is 15.9 Å². The van der Waals surface area contributed by atoms with E-state index in [2.05, 4.69) is 26.6 Å². The van der Waals surface area contributed by atoms with Gasteiger partial charge in [-0.2, -0.15) is 0 Å². The molecule has 104 valence electrons. The molecule has 0 radical (unpaired) electrons. The highest BCUT2D eigenvalue weighted by Crippen LogP contribution is 2.30. The number of nitrogens with two attached hydrogens (primary N) is 1. The number of benzene rings is 2. The Kier molecular flexibility index (Phi) is 4.24. The molecule has 2 aromatic rings. The number of nitrogen functional groups attached to an aromatic ring is 1. The Morgan fingerprint density at radius 3 is 2.70 bits per heavy atom. The van der Waals surface area contributed by atoms with Gasteiger partial charge in [0.05, 0.1) is 16.9 Å². The van der Waals surface area contributed by atoms with E-state index in [1.165, 1.54) is 13.1 Å². The number of para-hydroxylation sites is 1. The van der Waals surface area contributed by atoms with Crippen LogP contribution in [0.2, 0.25) is 0 Å². The summed E-state index contributed by atoms with van der Waals surface area (Å²) >= 11 is 3.27. The van der Waals surface area contributed by atoms with E-state index < -0.39 is 5.82 Å². The first-order chi connectivity index (χ1) is 9.52.